The molecule has 1 heterocycles. The summed E-state index contributed by atoms with van der Waals surface area (Å²) in [5.41, 5.74) is 2.66. The van der Waals surface area contributed by atoms with E-state index in [0.29, 0.717) is 12.5 Å². The highest BCUT2D eigenvalue weighted by Gasteiger charge is 2.13. The second-order valence-electron chi connectivity index (χ2n) is 7.84. The minimum absolute atomic E-state index is 0.669. The first-order chi connectivity index (χ1) is 14.8. The van der Waals surface area contributed by atoms with Gasteiger partial charge in [-0.15, -0.1) is 0 Å². The van der Waals surface area contributed by atoms with Crippen molar-refractivity contribution >= 4 is 5.96 Å². The van der Waals surface area contributed by atoms with E-state index < -0.39 is 0 Å². The zero-order valence-electron chi connectivity index (χ0n) is 19.3. The van der Waals surface area contributed by atoms with Gasteiger partial charge in [-0.25, -0.2) is 4.99 Å². The summed E-state index contributed by atoms with van der Waals surface area (Å²) in [5.74, 6) is 1.54. The van der Waals surface area contributed by atoms with Gasteiger partial charge in [0, 0.05) is 46.1 Å². The molecule has 1 aromatic rings. The van der Waals surface area contributed by atoms with Gasteiger partial charge in [0.15, 0.2) is 5.96 Å². The Kier molecular flexibility index (Phi) is 12.5. The Morgan fingerprint density at radius 3 is 2.53 bits per heavy atom. The zero-order valence-corrected chi connectivity index (χ0v) is 19.3. The minimum atomic E-state index is 0.669. The molecular weight excluding hydrogens is 376 g/mol. The number of benzene rings is 1. The van der Waals surface area contributed by atoms with Crippen LogP contribution >= 0.6 is 0 Å². The van der Waals surface area contributed by atoms with Gasteiger partial charge in [-0.3, -0.25) is 4.90 Å². The van der Waals surface area contributed by atoms with Gasteiger partial charge in [0.2, 0.25) is 0 Å². The van der Waals surface area contributed by atoms with E-state index in [2.05, 4.69) is 60.6 Å². The molecule has 0 radical (unpaired) electrons. The summed E-state index contributed by atoms with van der Waals surface area (Å²) in [5, 5.41) is 6.79. The lowest BCUT2D eigenvalue weighted by Crippen LogP contribution is -2.38. The standard InChI is InChI=1S/C24H42N4O2/c1-4-25-24(26-14-9-15-30-20-21-12-16-29-17-13-21)27-18-22-10-7-8-11-23(22)19-28(5-2)6-3/h7-8,10-11,21H,4-6,9,12-20H2,1-3H3,(H2,25,26,27). The fraction of sp³-hybridized carbons (Fsp3) is 0.708. The van der Waals surface area contributed by atoms with E-state index in [9.17, 15) is 0 Å². The maximum atomic E-state index is 5.86. The van der Waals surface area contributed by atoms with Gasteiger partial charge in [0.1, 0.15) is 0 Å². The van der Waals surface area contributed by atoms with Crippen molar-refractivity contribution in [3.05, 3.63) is 35.4 Å². The van der Waals surface area contributed by atoms with Gasteiger partial charge in [0.05, 0.1) is 6.54 Å². The highest BCUT2D eigenvalue weighted by Crippen LogP contribution is 2.15. The van der Waals surface area contributed by atoms with Crippen LogP contribution in [0.2, 0.25) is 0 Å². The van der Waals surface area contributed by atoms with Crippen LogP contribution in [0.25, 0.3) is 0 Å². The number of nitrogens with zero attached hydrogens (tertiary/aromatic N) is 2. The SMILES string of the molecule is CCNC(=NCc1ccccc1CN(CC)CC)NCCCOCC1CCOCC1. The number of hydrogen-bond donors (Lipinski definition) is 2. The predicted octanol–water partition coefficient (Wildman–Crippen LogP) is 3.42. The first kappa shape index (κ1) is 24.6. The van der Waals surface area contributed by atoms with Crippen molar-refractivity contribution in [1.29, 1.82) is 0 Å². The second-order valence-corrected chi connectivity index (χ2v) is 7.84. The van der Waals surface area contributed by atoms with Crippen molar-refractivity contribution in [3.8, 4) is 0 Å². The second kappa shape index (κ2) is 15.2. The Labute approximate surface area is 183 Å². The van der Waals surface area contributed by atoms with Crippen LogP contribution in [0.1, 0.15) is 51.2 Å². The lowest BCUT2D eigenvalue weighted by molar-refractivity contribution is 0.0203. The van der Waals surface area contributed by atoms with Gasteiger partial charge in [-0.2, -0.15) is 0 Å². The van der Waals surface area contributed by atoms with E-state index in [-0.39, 0.29) is 0 Å². The van der Waals surface area contributed by atoms with Gasteiger partial charge < -0.3 is 20.1 Å². The van der Waals surface area contributed by atoms with E-state index >= 15 is 0 Å². The average molecular weight is 419 g/mol. The normalized spacial score (nSPS) is 15.5. The number of aliphatic imine (C=N–C) groups is 1. The molecule has 1 saturated heterocycles. The first-order valence-electron chi connectivity index (χ1n) is 11.7. The summed E-state index contributed by atoms with van der Waals surface area (Å²) < 4.78 is 11.3. The summed E-state index contributed by atoms with van der Waals surface area (Å²) in [4.78, 5) is 7.25. The van der Waals surface area contributed by atoms with Crippen LogP contribution in [0, 0.1) is 5.92 Å². The van der Waals surface area contributed by atoms with Crippen molar-refractivity contribution in [2.24, 2.45) is 10.9 Å². The van der Waals surface area contributed by atoms with Crippen LogP contribution in [0.15, 0.2) is 29.3 Å². The number of rotatable bonds is 13. The van der Waals surface area contributed by atoms with Crippen molar-refractivity contribution in [1.82, 2.24) is 15.5 Å². The zero-order chi connectivity index (χ0) is 21.4. The first-order valence-corrected chi connectivity index (χ1v) is 11.7. The molecule has 0 amide bonds. The largest absolute Gasteiger partial charge is 0.381 e. The molecule has 1 fully saturated rings. The molecule has 0 aliphatic carbocycles. The molecule has 2 N–H and O–H groups in total. The molecular formula is C24H42N4O2. The molecule has 2 rings (SSSR count). The Balaban J connectivity index is 1.75. The molecule has 1 aliphatic heterocycles. The fourth-order valence-corrected chi connectivity index (χ4v) is 3.60. The van der Waals surface area contributed by atoms with Crippen molar-refractivity contribution in [3.63, 3.8) is 0 Å². The number of guanidine groups is 1. The highest BCUT2D eigenvalue weighted by atomic mass is 16.5. The quantitative estimate of drug-likeness (QED) is 0.292. The molecule has 0 unspecified atom stereocenters. The average Bonchev–Trinajstić information content (AvgIpc) is 2.79. The summed E-state index contributed by atoms with van der Waals surface area (Å²) >= 11 is 0. The van der Waals surface area contributed by atoms with Crippen molar-refractivity contribution < 1.29 is 9.47 Å². The molecule has 0 aromatic heterocycles. The molecule has 170 valence electrons. The van der Waals surface area contributed by atoms with Crippen LogP contribution in [-0.4, -0.2) is 63.5 Å². The van der Waals surface area contributed by atoms with Gasteiger partial charge in [0.25, 0.3) is 0 Å². The summed E-state index contributed by atoms with van der Waals surface area (Å²) in [6, 6.07) is 8.64. The third-order valence-electron chi connectivity index (χ3n) is 5.61. The van der Waals surface area contributed by atoms with E-state index in [0.717, 1.165) is 84.4 Å². The van der Waals surface area contributed by atoms with Crippen molar-refractivity contribution in [2.75, 3.05) is 52.6 Å². The summed E-state index contributed by atoms with van der Waals surface area (Å²) in [7, 11) is 0. The van der Waals surface area contributed by atoms with Crippen LogP contribution < -0.4 is 10.6 Å². The van der Waals surface area contributed by atoms with E-state index in [4.69, 9.17) is 14.5 Å². The Morgan fingerprint density at radius 2 is 1.83 bits per heavy atom. The minimum Gasteiger partial charge on any atom is -0.381 e. The summed E-state index contributed by atoms with van der Waals surface area (Å²) in [6.45, 7) is 15.5. The van der Waals surface area contributed by atoms with E-state index in [1.54, 1.807) is 0 Å². The molecule has 6 heteroatoms. The van der Waals surface area contributed by atoms with Crippen LogP contribution in [-0.2, 0) is 22.6 Å². The molecule has 0 saturated carbocycles. The highest BCUT2D eigenvalue weighted by molar-refractivity contribution is 5.79. The van der Waals surface area contributed by atoms with Crippen molar-refractivity contribution in [2.45, 2.75) is 53.1 Å². The molecule has 1 aliphatic rings. The molecule has 0 bridgehead atoms. The Hall–Kier alpha value is -1.63. The lowest BCUT2D eigenvalue weighted by atomic mass is 10.0. The third-order valence-corrected chi connectivity index (χ3v) is 5.61. The number of nitrogens with one attached hydrogen (secondary N) is 2. The number of hydrogen-bond acceptors (Lipinski definition) is 4. The Morgan fingerprint density at radius 1 is 1.10 bits per heavy atom. The molecule has 0 atom stereocenters. The van der Waals surface area contributed by atoms with Gasteiger partial charge in [-0.1, -0.05) is 38.1 Å². The maximum Gasteiger partial charge on any atom is 0.191 e. The maximum absolute atomic E-state index is 5.86. The molecule has 6 nitrogen and oxygen atoms in total. The lowest BCUT2D eigenvalue weighted by Gasteiger charge is -2.21. The van der Waals surface area contributed by atoms with E-state index in [1.807, 2.05) is 0 Å². The van der Waals surface area contributed by atoms with E-state index in [1.165, 1.54) is 11.1 Å². The topological polar surface area (TPSA) is 58.1 Å². The van der Waals surface area contributed by atoms with Gasteiger partial charge in [-0.05, 0) is 56.3 Å². The van der Waals surface area contributed by atoms with Crippen LogP contribution in [0.3, 0.4) is 0 Å². The smallest absolute Gasteiger partial charge is 0.191 e. The third kappa shape index (κ3) is 9.45. The van der Waals surface area contributed by atoms with Gasteiger partial charge >= 0.3 is 0 Å². The predicted molar refractivity (Wildman–Crippen MR) is 125 cm³/mol. The van der Waals surface area contributed by atoms with Crippen LogP contribution in [0.4, 0.5) is 0 Å². The molecule has 30 heavy (non-hydrogen) atoms. The Bertz CT molecular complexity index is 599. The number of ether oxygens (including phenoxy) is 2. The summed E-state index contributed by atoms with van der Waals surface area (Å²) in [6.07, 6.45) is 3.24. The monoisotopic (exact) mass is 418 g/mol. The van der Waals surface area contributed by atoms with Crippen LogP contribution in [0.5, 0.6) is 0 Å². The fourth-order valence-electron chi connectivity index (χ4n) is 3.60. The molecule has 0 spiro atoms. The molecule has 1 aromatic carbocycles.